The van der Waals surface area contributed by atoms with E-state index in [0.717, 1.165) is 0 Å². The van der Waals surface area contributed by atoms with Crippen LogP contribution in [0.2, 0.25) is 0 Å². The first-order valence-corrected chi connectivity index (χ1v) is 13.7. The van der Waals surface area contributed by atoms with Crippen LogP contribution in [0.25, 0.3) is 11.1 Å². The molecular formula is C26H33N3O6S. The van der Waals surface area contributed by atoms with Crippen molar-refractivity contribution >= 4 is 27.8 Å². The maximum Gasteiger partial charge on any atom is 0.326 e. The van der Waals surface area contributed by atoms with Gasteiger partial charge in [0.1, 0.15) is 6.04 Å². The first-order valence-electron chi connectivity index (χ1n) is 12.0. The van der Waals surface area contributed by atoms with Crippen molar-refractivity contribution < 1.29 is 27.9 Å². The van der Waals surface area contributed by atoms with E-state index in [9.17, 15) is 27.9 Å². The quantitative estimate of drug-likeness (QED) is 0.342. The van der Waals surface area contributed by atoms with Gasteiger partial charge in [-0.1, -0.05) is 50.2 Å². The molecule has 2 aromatic rings. The fraction of sp³-hybridized carbons (Fsp3) is 0.423. The number of benzene rings is 2. The van der Waals surface area contributed by atoms with Crippen molar-refractivity contribution in [1.29, 1.82) is 0 Å². The van der Waals surface area contributed by atoms with Gasteiger partial charge in [-0.2, -0.15) is 0 Å². The standard InChI is InChI=1S/C26H33N3O6S/c1-17(2)8-12-23(26(32)33)29-25(31)21-11-9-18(14-22(21)19-6-4-3-5-7-19)16-36(34,35)27-15-20-10-13-24(30)28-20/h3-7,9,11,14,17,20,23,27H,8,10,12-13,15-16H2,1-2H3,(H,28,30)(H,29,31)(H,32,33)/t20?,23-/m0/s1. The van der Waals surface area contributed by atoms with Crippen molar-refractivity contribution in [3.8, 4) is 11.1 Å². The Labute approximate surface area is 211 Å². The van der Waals surface area contributed by atoms with Crippen LogP contribution in [-0.2, 0) is 25.4 Å². The molecule has 0 spiro atoms. The van der Waals surface area contributed by atoms with E-state index in [4.69, 9.17) is 0 Å². The maximum atomic E-state index is 13.1. The van der Waals surface area contributed by atoms with E-state index < -0.39 is 27.9 Å². The summed E-state index contributed by atoms with van der Waals surface area (Å²) in [6, 6.07) is 12.5. The molecule has 1 aliphatic rings. The second-order valence-electron chi connectivity index (χ2n) is 9.49. The maximum absolute atomic E-state index is 13.1. The molecule has 2 amide bonds. The molecule has 1 heterocycles. The van der Waals surface area contributed by atoms with Crippen molar-refractivity contribution in [2.45, 2.75) is 57.4 Å². The van der Waals surface area contributed by atoms with Crippen molar-refractivity contribution in [2.24, 2.45) is 5.92 Å². The third-order valence-corrected chi connectivity index (χ3v) is 7.36. The first kappa shape index (κ1) is 27.3. The lowest BCUT2D eigenvalue weighted by Crippen LogP contribution is -2.41. The Kier molecular flexibility index (Phi) is 9.22. The molecule has 10 heteroatoms. The predicted molar refractivity (Wildman–Crippen MR) is 137 cm³/mol. The van der Waals surface area contributed by atoms with E-state index in [1.54, 1.807) is 36.4 Å². The lowest BCUT2D eigenvalue weighted by Gasteiger charge is -2.18. The van der Waals surface area contributed by atoms with Gasteiger partial charge >= 0.3 is 5.97 Å². The second-order valence-corrected chi connectivity index (χ2v) is 11.3. The highest BCUT2D eigenvalue weighted by Crippen LogP contribution is 2.26. The Bertz CT molecular complexity index is 1200. The van der Waals surface area contributed by atoms with E-state index in [-0.39, 0.29) is 29.8 Å². The van der Waals surface area contributed by atoms with Gasteiger partial charge in [0.05, 0.1) is 5.75 Å². The van der Waals surface area contributed by atoms with E-state index in [2.05, 4.69) is 15.4 Å². The summed E-state index contributed by atoms with van der Waals surface area (Å²) in [5, 5.41) is 14.9. The highest BCUT2D eigenvalue weighted by molar-refractivity contribution is 7.88. The summed E-state index contributed by atoms with van der Waals surface area (Å²) in [5.41, 5.74) is 1.96. The molecule has 0 aliphatic carbocycles. The largest absolute Gasteiger partial charge is 0.480 e. The predicted octanol–water partition coefficient (Wildman–Crippen LogP) is 2.67. The molecule has 194 valence electrons. The Balaban J connectivity index is 1.81. The summed E-state index contributed by atoms with van der Waals surface area (Å²) in [7, 11) is -3.70. The van der Waals surface area contributed by atoms with Crippen molar-refractivity contribution in [3.05, 3.63) is 59.7 Å². The molecule has 1 fully saturated rings. The van der Waals surface area contributed by atoms with Crippen LogP contribution in [0.5, 0.6) is 0 Å². The number of hydrogen-bond donors (Lipinski definition) is 4. The van der Waals surface area contributed by atoms with Crippen LogP contribution in [0.3, 0.4) is 0 Å². The Morgan fingerprint density at radius 1 is 1.11 bits per heavy atom. The molecule has 4 N–H and O–H groups in total. The fourth-order valence-electron chi connectivity index (χ4n) is 4.06. The number of carbonyl (C=O) groups excluding carboxylic acids is 2. The smallest absolute Gasteiger partial charge is 0.326 e. The number of hydrogen-bond acceptors (Lipinski definition) is 5. The molecule has 1 saturated heterocycles. The van der Waals surface area contributed by atoms with Gasteiger partial charge in [0.15, 0.2) is 0 Å². The minimum absolute atomic E-state index is 0.0880. The van der Waals surface area contributed by atoms with Gasteiger partial charge in [0.25, 0.3) is 5.91 Å². The summed E-state index contributed by atoms with van der Waals surface area (Å²) in [4.78, 5) is 36.2. The van der Waals surface area contributed by atoms with Gasteiger partial charge in [0, 0.05) is 24.6 Å². The number of rotatable bonds is 12. The molecular weight excluding hydrogens is 482 g/mol. The van der Waals surface area contributed by atoms with Crippen molar-refractivity contribution in [2.75, 3.05) is 6.54 Å². The lowest BCUT2D eigenvalue weighted by atomic mass is 9.96. The number of sulfonamides is 1. The van der Waals surface area contributed by atoms with Crippen molar-refractivity contribution in [1.82, 2.24) is 15.4 Å². The molecule has 0 aromatic heterocycles. The zero-order chi connectivity index (χ0) is 26.3. The molecule has 0 bridgehead atoms. The van der Waals surface area contributed by atoms with Gasteiger partial charge in [-0.05, 0) is 54.0 Å². The number of nitrogens with one attached hydrogen (secondary N) is 3. The topological polar surface area (TPSA) is 142 Å². The molecule has 1 aliphatic heterocycles. The summed E-state index contributed by atoms with van der Waals surface area (Å²) in [6.07, 6.45) is 1.92. The Morgan fingerprint density at radius 2 is 1.83 bits per heavy atom. The molecule has 36 heavy (non-hydrogen) atoms. The summed E-state index contributed by atoms with van der Waals surface area (Å²) >= 11 is 0. The first-order chi connectivity index (χ1) is 17.0. The molecule has 2 aromatic carbocycles. The summed E-state index contributed by atoms with van der Waals surface area (Å²) in [5.74, 6) is -1.73. The van der Waals surface area contributed by atoms with Crippen LogP contribution in [-0.4, -0.2) is 49.9 Å². The molecule has 1 unspecified atom stereocenters. The zero-order valence-electron chi connectivity index (χ0n) is 20.5. The number of aliphatic carboxylic acids is 1. The second kappa shape index (κ2) is 12.1. The molecule has 9 nitrogen and oxygen atoms in total. The Hall–Kier alpha value is -3.24. The van der Waals surface area contributed by atoms with Crippen LogP contribution in [0.15, 0.2) is 48.5 Å². The van der Waals surface area contributed by atoms with E-state index in [0.29, 0.717) is 48.3 Å². The number of carbonyl (C=O) groups is 3. The highest BCUT2D eigenvalue weighted by atomic mass is 32.2. The van der Waals surface area contributed by atoms with E-state index >= 15 is 0 Å². The zero-order valence-corrected chi connectivity index (χ0v) is 21.3. The van der Waals surface area contributed by atoms with Crippen LogP contribution in [0.4, 0.5) is 0 Å². The minimum atomic E-state index is -3.70. The SMILES string of the molecule is CC(C)CC[C@H](NC(=O)c1ccc(CS(=O)(=O)NCC2CCC(=O)N2)cc1-c1ccccc1)C(=O)O. The van der Waals surface area contributed by atoms with Gasteiger partial charge in [-0.25, -0.2) is 17.9 Å². The van der Waals surface area contributed by atoms with Crippen LogP contribution < -0.4 is 15.4 Å². The van der Waals surface area contributed by atoms with E-state index in [1.807, 2.05) is 19.9 Å². The fourth-order valence-corrected chi connectivity index (χ4v) is 5.23. The van der Waals surface area contributed by atoms with Crippen LogP contribution in [0.1, 0.15) is 55.5 Å². The minimum Gasteiger partial charge on any atom is -0.480 e. The van der Waals surface area contributed by atoms with Crippen LogP contribution >= 0.6 is 0 Å². The summed E-state index contributed by atoms with van der Waals surface area (Å²) in [6.45, 7) is 4.09. The third kappa shape index (κ3) is 7.89. The number of carboxylic acids is 1. The number of carboxylic acid groups (broad SMARTS) is 1. The lowest BCUT2D eigenvalue weighted by molar-refractivity contribution is -0.139. The van der Waals surface area contributed by atoms with Gasteiger partial charge in [0.2, 0.25) is 15.9 Å². The monoisotopic (exact) mass is 515 g/mol. The van der Waals surface area contributed by atoms with Gasteiger partial charge in [-0.15, -0.1) is 0 Å². The summed E-state index contributed by atoms with van der Waals surface area (Å²) < 4.78 is 27.9. The van der Waals surface area contributed by atoms with E-state index in [1.165, 1.54) is 6.07 Å². The average Bonchev–Trinajstić information content (AvgIpc) is 3.25. The number of amides is 2. The Morgan fingerprint density at radius 3 is 2.44 bits per heavy atom. The average molecular weight is 516 g/mol. The molecule has 0 saturated carbocycles. The molecule has 2 atom stereocenters. The van der Waals surface area contributed by atoms with Gasteiger partial charge < -0.3 is 15.7 Å². The molecule has 0 radical (unpaired) electrons. The van der Waals surface area contributed by atoms with Gasteiger partial charge in [-0.3, -0.25) is 9.59 Å². The molecule has 3 rings (SSSR count). The highest BCUT2D eigenvalue weighted by Gasteiger charge is 2.25. The normalized spacial score (nSPS) is 16.5. The van der Waals surface area contributed by atoms with Crippen molar-refractivity contribution in [3.63, 3.8) is 0 Å². The third-order valence-electron chi connectivity index (χ3n) is 6.04. The van der Waals surface area contributed by atoms with Crippen LogP contribution in [0, 0.1) is 5.92 Å².